The van der Waals surface area contributed by atoms with Crippen LogP contribution in [0.25, 0.3) is 0 Å². The Balaban J connectivity index is 1.93. The predicted molar refractivity (Wildman–Crippen MR) is 82.1 cm³/mol. The lowest BCUT2D eigenvalue weighted by Crippen LogP contribution is -2.18. The molecule has 0 spiro atoms. The highest BCUT2D eigenvalue weighted by Gasteiger charge is 2.23. The largest absolute Gasteiger partial charge is 0.485 e. The first-order valence-electron chi connectivity index (χ1n) is 7.09. The first-order chi connectivity index (χ1) is 10.1. The molecule has 0 heterocycles. The third kappa shape index (κ3) is 2.70. The average molecular weight is 282 g/mol. The van der Waals surface area contributed by atoms with Crippen molar-refractivity contribution in [1.29, 1.82) is 0 Å². The molecular weight excluding hydrogens is 264 g/mol. The Morgan fingerprint density at radius 1 is 1.19 bits per heavy atom. The lowest BCUT2D eigenvalue weighted by molar-refractivity contribution is 0.0991. The highest BCUT2D eigenvalue weighted by atomic mass is 16.5. The maximum atomic E-state index is 11.5. The summed E-state index contributed by atoms with van der Waals surface area (Å²) in [5.74, 6) is -0.0280. The van der Waals surface area contributed by atoms with E-state index >= 15 is 0 Å². The molecule has 0 aromatic heterocycles. The van der Waals surface area contributed by atoms with Gasteiger partial charge in [-0.2, -0.15) is 0 Å². The van der Waals surface area contributed by atoms with E-state index in [0.29, 0.717) is 17.0 Å². The number of nitrogens with two attached hydrogens (primary N) is 2. The van der Waals surface area contributed by atoms with Crippen molar-refractivity contribution in [3.05, 3.63) is 59.2 Å². The van der Waals surface area contributed by atoms with Crippen LogP contribution in [0, 0.1) is 0 Å². The minimum atomic E-state index is -0.526. The van der Waals surface area contributed by atoms with Crippen LogP contribution in [-0.4, -0.2) is 5.91 Å². The second-order valence-electron chi connectivity index (χ2n) is 5.32. The van der Waals surface area contributed by atoms with E-state index in [1.165, 1.54) is 11.1 Å². The van der Waals surface area contributed by atoms with Crippen molar-refractivity contribution in [3.63, 3.8) is 0 Å². The van der Waals surface area contributed by atoms with E-state index in [1.54, 1.807) is 18.2 Å². The molecular formula is C17H18N2O2. The molecule has 1 aliphatic carbocycles. The van der Waals surface area contributed by atoms with E-state index in [0.717, 1.165) is 19.3 Å². The molecule has 0 aliphatic heterocycles. The van der Waals surface area contributed by atoms with Gasteiger partial charge in [-0.25, -0.2) is 0 Å². The number of aryl methyl sites for hydroxylation is 1. The Hall–Kier alpha value is -2.49. The number of rotatable bonds is 3. The Bertz CT molecular complexity index is 682. The Morgan fingerprint density at radius 2 is 2.00 bits per heavy atom. The molecule has 3 rings (SSSR count). The van der Waals surface area contributed by atoms with Gasteiger partial charge in [0.25, 0.3) is 5.91 Å². The highest BCUT2D eigenvalue weighted by Crippen LogP contribution is 2.35. The zero-order chi connectivity index (χ0) is 14.8. The number of anilines is 1. The minimum Gasteiger partial charge on any atom is -0.485 e. The molecule has 0 fully saturated rings. The fourth-order valence-corrected chi connectivity index (χ4v) is 2.83. The molecule has 0 bridgehead atoms. The van der Waals surface area contributed by atoms with Crippen molar-refractivity contribution in [2.75, 3.05) is 5.73 Å². The van der Waals surface area contributed by atoms with Crippen LogP contribution in [-0.2, 0) is 6.42 Å². The summed E-state index contributed by atoms with van der Waals surface area (Å²) < 4.78 is 6.07. The molecule has 4 N–H and O–H groups in total. The number of fused-ring (bicyclic) bond motifs is 1. The minimum absolute atomic E-state index is 0.0447. The standard InChI is InChI=1S/C17H18N2O2/c18-12-8-9-16(14(10-12)17(19)20)21-15-7-3-5-11-4-1-2-6-13(11)15/h1-2,4,6,8-10,15H,3,5,7,18H2,(H2,19,20). The molecule has 1 atom stereocenters. The number of benzene rings is 2. The van der Waals surface area contributed by atoms with E-state index in [-0.39, 0.29) is 6.10 Å². The molecule has 21 heavy (non-hydrogen) atoms. The third-order valence-electron chi connectivity index (χ3n) is 3.85. The number of ether oxygens (including phenoxy) is 1. The smallest absolute Gasteiger partial charge is 0.252 e. The zero-order valence-corrected chi connectivity index (χ0v) is 11.7. The summed E-state index contributed by atoms with van der Waals surface area (Å²) >= 11 is 0. The summed E-state index contributed by atoms with van der Waals surface area (Å²) in [6.45, 7) is 0. The molecule has 2 aromatic rings. The van der Waals surface area contributed by atoms with Crippen molar-refractivity contribution in [2.45, 2.75) is 25.4 Å². The van der Waals surface area contributed by atoms with E-state index in [9.17, 15) is 4.79 Å². The van der Waals surface area contributed by atoms with Gasteiger partial charge in [0.2, 0.25) is 0 Å². The molecule has 4 heteroatoms. The number of hydrogen-bond donors (Lipinski definition) is 2. The fraction of sp³-hybridized carbons (Fsp3) is 0.235. The van der Waals surface area contributed by atoms with Crippen molar-refractivity contribution < 1.29 is 9.53 Å². The number of primary amides is 1. The molecule has 1 aliphatic rings. The lowest BCUT2D eigenvalue weighted by atomic mass is 9.89. The predicted octanol–water partition coefficient (Wildman–Crippen LogP) is 2.82. The second-order valence-corrected chi connectivity index (χ2v) is 5.32. The summed E-state index contributed by atoms with van der Waals surface area (Å²) in [7, 11) is 0. The highest BCUT2D eigenvalue weighted by molar-refractivity contribution is 5.96. The van der Waals surface area contributed by atoms with E-state index in [4.69, 9.17) is 16.2 Å². The quantitative estimate of drug-likeness (QED) is 0.850. The van der Waals surface area contributed by atoms with Gasteiger partial charge in [-0.05, 0) is 48.6 Å². The van der Waals surface area contributed by atoms with Gasteiger partial charge in [0.1, 0.15) is 11.9 Å². The molecule has 0 saturated carbocycles. The fourth-order valence-electron chi connectivity index (χ4n) is 2.83. The number of amides is 1. The van der Waals surface area contributed by atoms with Crippen LogP contribution >= 0.6 is 0 Å². The molecule has 0 saturated heterocycles. The summed E-state index contributed by atoms with van der Waals surface area (Å²) in [6, 6.07) is 13.3. The first kappa shape index (κ1) is 13.5. The summed E-state index contributed by atoms with van der Waals surface area (Å²) in [5, 5.41) is 0. The van der Waals surface area contributed by atoms with Gasteiger partial charge < -0.3 is 16.2 Å². The van der Waals surface area contributed by atoms with Crippen LogP contribution < -0.4 is 16.2 Å². The normalized spacial score (nSPS) is 17.0. The van der Waals surface area contributed by atoms with Crippen LogP contribution in [0.3, 0.4) is 0 Å². The van der Waals surface area contributed by atoms with Crippen molar-refractivity contribution in [1.82, 2.24) is 0 Å². The van der Waals surface area contributed by atoms with Crippen molar-refractivity contribution in [2.24, 2.45) is 5.73 Å². The van der Waals surface area contributed by atoms with Crippen LogP contribution in [0.1, 0.15) is 40.4 Å². The first-order valence-corrected chi connectivity index (χ1v) is 7.09. The van der Waals surface area contributed by atoms with Gasteiger partial charge in [-0.1, -0.05) is 24.3 Å². The SMILES string of the molecule is NC(=O)c1cc(N)ccc1OC1CCCc2ccccc21. The van der Waals surface area contributed by atoms with Crippen molar-refractivity contribution >= 4 is 11.6 Å². The van der Waals surface area contributed by atoms with E-state index in [1.807, 2.05) is 12.1 Å². The summed E-state index contributed by atoms with van der Waals surface area (Å²) in [4.78, 5) is 11.5. The van der Waals surface area contributed by atoms with E-state index in [2.05, 4.69) is 12.1 Å². The maximum Gasteiger partial charge on any atom is 0.252 e. The van der Waals surface area contributed by atoms with Gasteiger partial charge in [0.15, 0.2) is 0 Å². The maximum absolute atomic E-state index is 11.5. The monoisotopic (exact) mass is 282 g/mol. The van der Waals surface area contributed by atoms with Crippen LogP contribution in [0.4, 0.5) is 5.69 Å². The zero-order valence-electron chi connectivity index (χ0n) is 11.7. The number of nitrogen functional groups attached to an aromatic ring is 1. The van der Waals surface area contributed by atoms with Crippen LogP contribution in [0.5, 0.6) is 5.75 Å². The van der Waals surface area contributed by atoms with Crippen LogP contribution in [0.15, 0.2) is 42.5 Å². The van der Waals surface area contributed by atoms with Gasteiger partial charge in [0, 0.05) is 5.69 Å². The number of carbonyl (C=O) groups is 1. The molecule has 1 unspecified atom stereocenters. The number of carbonyl (C=O) groups excluding carboxylic acids is 1. The Morgan fingerprint density at radius 3 is 2.81 bits per heavy atom. The average Bonchev–Trinajstić information content (AvgIpc) is 2.49. The van der Waals surface area contributed by atoms with Gasteiger partial charge in [-0.3, -0.25) is 4.79 Å². The topological polar surface area (TPSA) is 78.3 Å². The molecule has 0 radical (unpaired) electrons. The lowest BCUT2D eigenvalue weighted by Gasteiger charge is -2.27. The summed E-state index contributed by atoms with van der Waals surface area (Å²) in [6.07, 6.45) is 3.03. The molecule has 108 valence electrons. The number of hydrogen-bond acceptors (Lipinski definition) is 3. The van der Waals surface area contributed by atoms with Crippen LogP contribution in [0.2, 0.25) is 0 Å². The van der Waals surface area contributed by atoms with Gasteiger partial charge in [0.05, 0.1) is 5.56 Å². The third-order valence-corrected chi connectivity index (χ3v) is 3.85. The van der Waals surface area contributed by atoms with Gasteiger partial charge in [-0.15, -0.1) is 0 Å². The van der Waals surface area contributed by atoms with Crippen molar-refractivity contribution in [3.8, 4) is 5.75 Å². The molecule has 1 amide bonds. The molecule has 4 nitrogen and oxygen atoms in total. The Labute approximate surface area is 123 Å². The van der Waals surface area contributed by atoms with Gasteiger partial charge >= 0.3 is 0 Å². The molecule has 2 aromatic carbocycles. The summed E-state index contributed by atoms with van der Waals surface area (Å²) in [5.41, 5.74) is 14.5. The Kier molecular flexibility index (Phi) is 3.52. The van der Waals surface area contributed by atoms with E-state index < -0.39 is 5.91 Å². The second kappa shape index (κ2) is 5.48.